The molecular formula is C17H22BrNO3S. The zero-order chi connectivity index (χ0) is 17.0. The first kappa shape index (κ1) is 18.3. The fourth-order valence-corrected chi connectivity index (χ4v) is 3.83. The van der Waals surface area contributed by atoms with Crippen molar-refractivity contribution >= 4 is 39.6 Å². The van der Waals surface area contributed by atoms with Gasteiger partial charge >= 0.3 is 6.09 Å². The molecule has 0 bridgehead atoms. The van der Waals surface area contributed by atoms with Gasteiger partial charge in [-0.25, -0.2) is 4.79 Å². The molecule has 0 aliphatic heterocycles. The van der Waals surface area contributed by atoms with E-state index >= 15 is 0 Å². The minimum Gasteiger partial charge on any atom is -0.444 e. The van der Waals surface area contributed by atoms with Crippen molar-refractivity contribution in [2.75, 3.05) is 0 Å². The Morgan fingerprint density at radius 2 is 1.91 bits per heavy atom. The van der Waals surface area contributed by atoms with E-state index in [9.17, 15) is 9.59 Å². The molecule has 1 fully saturated rings. The van der Waals surface area contributed by atoms with Gasteiger partial charge in [-0.1, -0.05) is 15.9 Å². The molecule has 1 aliphatic rings. The second-order valence-corrected chi connectivity index (χ2v) is 8.93. The van der Waals surface area contributed by atoms with Gasteiger partial charge in [-0.15, -0.1) is 11.8 Å². The number of amides is 1. The predicted octanol–water partition coefficient (Wildman–Crippen LogP) is 4.56. The smallest absolute Gasteiger partial charge is 0.408 e. The molecule has 0 saturated heterocycles. The molecule has 1 saturated carbocycles. The molecule has 6 heteroatoms. The number of hydrogen-bond donors (Lipinski definition) is 1. The van der Waals surface area contributed by atoms with Crippen molar-refractivity contribution in [1.29, 1.82) is 0 Å². The average molecular weight is 400 g/mol. The number of halogens is 1. The highest BCUT2D eigenvalue weighted by molar-refractivity contribution is 9.10. The van der Waals surface area contributed by atoms with Gasteiger partial charge in [0.1, 0.15) is 5.60 Å². The van der Waals surface area contributed by atoms with Crippen LogP contribution in [-0.2, 0) is 9.53 Å². The molecule has 1 aromatic rings. The summed E-state index contributed by atoms with van der Waals surface area (Å²) in [7, 11) is 0. The first-order valence-corrected chi connectivity index (χ1v) is 9.34. The van der Waals surface area contributed by atoms with Crippen molar-refractivity contribution in [3.63, 3.8) is 0 Å². The minimum atomic E-state index is -0.554. The van der Waals surface area contributed by atoms with Crippen LogP contribution in [0.3, 0.4) is 0 Å². The maximum Gasteiger partial charge on any atom is 0.408 e. The lowest BCUT2D eigenvalue weighted by atomic mass is 9.94. The summed E-state index contributed by atoms with van der Waals surface area (Å²) in [6.45, 7) is 5.42. The maximum atomic E-state index is 12.3. The van der Waals surface area contributed by atoms with Gasteiger partial charge in [-0.2, -0.15) is 0 Å². The predicted molar refractivity (Wildman–Crippen MR) is 95.8 cm³/mol. The van der Waals surface area contributed by atoms with Crippen LogP contribution in [0.15, 0.2) is 33.6 Å². The van der Waals surface area contributed by atoms with Gasteiger partial charge in [0, 0.05) is 21.0 Å². The molecule has 1 aromatic carbocycles. The summed E-state index contributed by atoms with van der Waals surface area (Å²) >= 11 is 5.14. The fraction of sp³-hybridized carbons (Fsp3) is 0.529. The molecule has 0 aromatic heterocycles. The highest BCUT2D eigenvalue weighted by Crippen LogP contribution is 2.33. The molecule has 0 unspecified atom stereocenters. The van der Waals surface area contributed by atoms with Gasteiger partial charge in [0.25, 0.3) is 0 Å². The number of ketones is 1. The van der Waals surface area contributed by atoms with E-state index in [0.717, 1.165) is 15.8 Å². The van der Waals surface area contributed by atoms with Crippen molar-refractivity contribution in [1.82, 2.24) is 5.32 Å². The number of hydrogen-bond acceptors (Lipinski definition) is 4. The quantitative estimate of drug-likeness (QED) is 0.809. The summed E-state index contributed by atoms with van der Waals surface area (Å²) in [4.78, 5) is 25.2. The molecule has 0 radical (unpaired) electrons. The van der Waals surface area contributed by atoms with Crippen molar-refractivity contribution in [2.24, 2.45) is 0 Å². The van der Waals surface area contributed by atoms with Crippen LogP contribution >= 0.6 is 27.7 Å². The second-order valence-electron chi connectivity index (χ2n) is 6.64. The Balaban J connectivity index is 1.84. The Morgan fingerprint density at radius 1 is 1.26 bits per heavy atom. The average Bonchev–Trinajstić information content (AvgIpc) is 2.42. The summed E-state index contributed by atoms with van der Waals surface area (Å²) < 4.78 is 6.26. The zero-order valence-electron chi connectivity index (χ0n) is 13.6. The van der Waals surface area contributed by atoms with Crippen molar-refractivity contribution in [3.05, 3.63) is 28.7 Å². The van der Waals surface area contributed by atoms with Gasteiger partial charge in [0.05, 0.1) is 6.04 Å². The van der Waals surface area contributed by atoms with E-state index in [0.29, 0.717) is 12.8 Å². The summed E-state index contributed by atoms with van der Waals surface area (Å²) in [5, 5.41) is 2.96. The van der Waals surface area contributed by atoms with Crippen LogP contribution < -0.4 is 5.32 Å². The molecule has 2 atom stereocenters. The molecule has 1 N–H and O–H groups in total. The third kappa shape index (κ3) is 6.18. The standard InChI is InChI=1S/C17H22BrNO3S/c1-17(2,3)22-16(21)19-14-9-8-13(10-15(14)20)23-12-6-4-11(18)5-7-12/h4-7,13-14H,8-10H2,1-3H3,(H,19,21)/t13-,14+/m0/s1. The molecule has 4 nitrogen and oxygen atoms in total. The second kappa shape index (κ2) is 7.71. The fourth-order valence-electron chi connectivity index (χ4n) is 2.39. The molecule has 126 valence electrons. The Labute approximate surface area is 149 Å². The van der Waals surface area contributed by atoms with E-state index in [-0.39, 0.29) is 11.0 Å². The molecular weight excluding hydrogens is 378 g/mol. The third-order valence-corrected chi connectivity index (χ3v) is 5.21. The SMILES string of the molecule is CC(C)(C)OC(=O)N[C@@H]1CC[C@H](Sc2ccc(Br)cc2)CC1=O. The Hall–Kier alpha value is -1.01. The monoisotopic (exact) mass is 399 g/mol. The number of carbonyl (C=O) groups is 2. The van der Waals surface area contributed by atoms with E-state index in [4.69, 9.17) is 4.74 Å². The summed E-state index contributed by atoms with van der Waals surface area (Å²) in [6, 6.07) is 7.67. The molecule has 0 heterocycles. The lowest BCUT2D eigenvalue weighted by molar-refractivity contribution is -0.122. The largest absolute Gasteiger partial charge is 0.444 e. The zero-order valence-corrected chi connectivity index (χ0v) is 16.0. The van der Waals surface area contributed by atoms with Crippen molar-refractivity contribution < 1.29 is 14.3 Å². The first-order chi connectivity index (χ1) is 10.7. The van der Waals surface area contributed by atoms with E-state index in [1.807, 2.05) is 24.3 Å². The summed E-state index contributed by atoms with van der Waals surface area (Å²) in [5.74, 6) is 0.0803. The van der Waals surface area contributed by atoms with Crippen LogP contribution in [0.2, 0.25) is 0 Å². The van der Waals surface area contributed by atoms with Crippen LogP contribution in [0, 0.1) is 0 Å². The van der Waals surface area contributed by atoms with Crippen LogP contribution in [0.1, 0.15) is 40.0 Å². The lowest BCUT2D eigenvalue weighted by Crippen LogP contribution is -2.46. The number of carbonyl (C=O) groups excluding carboxylic acids is 2. The molecule has 1 amide bonds. The number of alkyl carbamates (subject to hydrolysis) is 1. The Kier molecular flexibility index (Phi) is 6.14. The number of rotatable bonds is 3. The van der Waals surface area contributed by atoms with E-state index < -0.39 is 17.7 Å². The Morgan fingerprint density at radius 3 is 2.48 bits per heavy atom. The lowest BCUT2D eigenvalue weighted by Gasteiger charge is -2.28. The number of nitrogens with one attached hydrogen (secondary N) is 1. The summed E-state index contributed by atoms with van der Waals surface area (Å²) in [6.07, 6.45) is 1.51. The molecule has 23 heavy (non-hydrogen) atoms. The number of ether oxygens (including phenoxy) is 1. The van der Waals surface area contributed by atoms with Gasteiger partial charge in [0.2, 0.25) is 0 Å². The van der Waals surface area contributed by atoms with E-state index in [1.165, 1.54) is 0 Å². The van der Waals surface area contributed by atoms with E-state index in [2.05, 4.69) is 21.2 Å². The molecule has 0 spiro atoms. The minimum absolute atomic E-state index is 0.0803. The third-order valence-electron chi connectivity index (χ3n) is 3.40. The number of thioether (sulfide) groups is 1. The first-order valence-electron chi connectivity index (χ1n) is 7.67. The topological polar surface area (TPSA) is 55.4 Å². The van der Waals surface area contributed by atoms with E-state index in [1.54, 1.807) is 32.5 Å². The summed E-state index contributed by atoms with van der Waals surface area (Å²) in [5.41, 5.74) is -0.554. The van der Waals surface area contributed by atoms with Crippen LogP contribution in [0.25, 0.3) is 0 Å². The van der Waals surface area contributed by atoms with Crippen molar-refractivity contribution in [2.45, 2.75) is 61.8 Å². The van der Waals surface area contributed by atoms with Crippen LogP contribution in [-0.4, -0.2) is 28.8 Å². The molecule has 2 rings (SSSR count). The highest BCUT2D eigenvalue weighted by atomic mass is 79.9. The van der Waals surface area contributed by atoms with Gasteiger partial charge in [0.15, 0.2) is 5.78 Å². The van der Waals surface area contributed by atoms with Crippen LogP contribution in [0.5, 0.6) is 0 Å². The van der Waals surface area contributed by atoms with Crippen molar-refractivity contribution in [3.8, 4) is 0 Å². The van der Waals surface area contributed by atoms with Gasteiger partial charge < -0.3 is 10.1 Å². The van der Waals surface area contributed by atoms with Gasteiger partial charge in [-0.3, -0.25) is 4.79 Å². The normalized spacial score (nSPS) is 21.8. The number of Topliss-reactive ketones (excluding diaryl/α,β-unsaturated/α-hetero) is 1. The van der Waals surface area contributed by atoms with Gasteiger partial charge in [-0.05, 0) is 57.9 Å². The van der Waals surface area contributed by atoms with Crippen LogP contribution in [0.4, 0.5) is 4.79 Å². The highest BCUT2D eigenvalue weighted by Gasteiger charge is 2.31. The maximum absolute atomic E-state index is 12.3. The number of benzene rings is 1. The molecule has 1 aliphatic carbocycles. The Bertz CT molecular complexity index is 568.